The molecule has 0 aromatic heterocycles. The van der Waals surface area contributed by atoms with E-state index in [1.807, 2.05) is 20.8 Å². The van der Waals surface area contributed by atoms with Crippen molar-refractivity contribution in [2.75, 3.05) is 6.54 Å². The molecule has 0 unspecified atom stereocenters. The van der Waals surface area contributed by atoms with Gasteiger partial charge in [0.1, 0.15) is 0 Å². The summed E-state index contributed by atoms with van der Waals surface area (Å²) in [6, 6.07) is -0.438. The van der Waals surface area contributed by atoms with Crippen LogP contribution in [-0.4, -0.2) is 17.5 Å². The van der Waals surface area contributed by atoms with E-state index in [-0.39, 0.29) is 0 Å². The van der Waals surface area contributed by atoms with Crippen molar-refractivity contribution in [2.45, 2.75) is 27.2 Å². The molecule has 0 aliphatic rings. The minimum atomic E-state index is -0.438. The lowest BCUT2D eigenvalue weighted by Gasteiger charge is -2.12. The molecule has 0 fully saturated rings. The first-order valence-electron chi connectivity index (χ1n) is 3.91. The molecule has 0 aromatic rings. The van der Waals surface area contributed by atoms with Gasteiger partial charge in [0.2, 0.25) is 0 Å². The standard InChI is InChI=1S/C6H12N2O.C2H6/c1-3-5-8(4-2)6(7)9;1-2/h4H,2-3,5H2,1H3,(H2,7,9);1-2H3. The molecule has 0 saturated carbocycles. The molecule has 0 aromatic carbocycles. The van der Waals surface area contributed by atoms with Crippen molar-refractivity contribution < 1.29 is 4.79 Å². The van der Waals surface area contributed by atoms with Crippen molar-refractivity contribution in [1.82, 2.24) is 4.90 Å². The fourth-order valence-electron chi connectivity index (χ4n) is 0.532. The molecule has 3 nitrogen and oxygen atoms in total. The number of hydrogen-bond donors (Lipinski definition) is 1. The van der Waals surface area contributed by atoms with Gasteiger partial charge in [0, 0.05) is 12.7 Å². The second-order valence-electron chi connectivity index (χ2n) is 1.71. The molecule has 0 heterocycles. The fourth-order valence-corrected chi connectivity index (χ4v) is 0.532. The third-order valence-corrected chi connectivity index (χ3v) is 0.968. The minimum absolute atomic E-state index is 0.438. The van der Waals surface area contributed by atoms with E-state index < -0.39 is 6.03 Å². The number of urea groups is 1. The molecule has 0 radical (unpaired) electrons. The lowest BCUT2D eigenvalue weighted by atomic mass is 10.4. The highest BCUT2D eigenvalue weighted by Crippen LogP contribution is 1.89. The zero-order valence-corrected chi connectivity index (χ0v) is 7.63. The van der Waals surface area contributed by atoms with Gasteiger partial charge in [-0.2, -0.15) is 0 Å². The van der Waals surface area contributed by atoms with Gasteiger partial charge in [-0.1, -0.05) is 27.4 Å². The molecule has 0 spiro atoms. The summed E-state index contributed by atoms with van der Waals surface area (Å²) in [4.78, 5) is 11.8. The summed E-state index contributed by atoms with van der Waals surface area (Å²) >= 11 is 0. The zero-order valence-electron chi connectivity index (χ0n) is 7.63. The summed E-state index contributed by atoms with van der Waals surface area (Å²) in [5.41, 5.74) is 4.95. The smallest absolute Gasteiger partial charge is 0.318 e. The van der Waals surface area contributed by atoms with E-state index in [2.05, 4.69) is 6.58 Å². The number of nitrogens with two attached hydrogens (primary N) is 1. The Hall–Kier alpha value is -0.990. The highest BCUT2D eigenvalue weighted by Gasteiger charge is 2.00. The first kappa shape index (κ1) is 12.7. The average molecular weight is 158 g/mol. The van der Waals surface area contributed by atoms with Crippen LogP contribution in [0.4, 0.5) is 4.79 Å². The molecule has 3 heteroatoms. The summed E-state index contributed by atoms with van der Waals surface area (Å²) in [5, 5.41) is 0. The largest absolute Gasteiger partial charge is 0.351 e. The van der Waals surface area contributed by atoms with Gasteiger partial charge in [0.25, 0.3) is 0 Å². The molecule has 2 amide bonds. The highest BCUT2D eigenvalue weighted by molar-refractivity contribution is 5.72. The lowest BCUT2D eigenvalue weighted by molar-refractivity contribution is 0.225. The summed E-state index contributed by atoms with van der Waals surface area (Å²) in [5.74, 6) is 0. The Morgan fingerprint density at radius 1 is 1.64 bits per heavy atom. The number of amides is 2. The Labute approximate surface area is 68.9 Å². The Bertz CT molecular complexity index is 113. The van der Waals surface area contributed by atoms with Crippen LogP contribution in [-0.2, 0) is 0 Å². The van der Waals surface area contributed by atoms with Crippen molar-refractivity contribution in [3.8, 4) is 0 Å². The van der Waals surface area contributed by atoms with E-state index in [0.717, 1.165) is 6.42 Å². The van der Waals surface area contributed by atoms with Crippen LogP contribution in [0.1, 0.15) is 27.2 Å². The SMILES string of the molecule is C=CN(CCC)C(N)=O.CC. The first-order valence-corrected chi connectivity index (χ1v) is 3.91. The van der Waals surface area contributed by atoms with Crippen LogP contribution in [0.3, 0.4) is 0 Å². The lowest BCUT2D eigenvalue weighted by Crippen LogP contribution is -2.31. The Morgan fingerprint density at radius 2 is 2.09 bits per heavy atom. The summed E-state index contributed by atoms with van der Waals surface area (Å²) < 4.78 is 0. The maximum atomic E-state index is 10.4. The maximum absolute atomic E-state index is 10.4. The molecule has 0 aliphatic heterocycles. The number of nitrogens with zero attached hydrogens (tertiary/aromatic N) is 1. The predicted octanol–water partition coefficient (Wildman–Crippen LogP) is 1.95. The van der Waals surface area contributed by atoms with E-state index in [4.69, 9.17) is 5.73 Å². The third kappa shape index (κ3) is 6.90. The fraction of sp³-hybridized carbons (Fsp3) is 0.625. The van der Waals surface area contributed by atoms with E-state index in [1.165, 1.54) is 11.1 Å². The molecular weight excluding hydrogens is 140 g/mol. The van der Waals surface area contributed by atoms with Crippen molar-refractivity contribution in [2.24, 2.45) is 5.73 Å². The van der Waals surface area contributed by atoms with Crippen LogP contribution in [0.25, 0.3) is 0 Å². The molecule has 0 rings (SSSR count). The molecule has 0 atom stereocenters. The average Bonchev–Trinajstić information content (AvgIpc) is 2.03. The third-order valence-electron chi connectivity index (χ3n) is 0.968. The van der Waals surface area contributed by atoms with Crippen molar-refractivity contribution in [3.63, 3.8) is 0 Å². The Kier molecular flexibility index (Phi) is 10.4. The van der Waals surface area contributed by atoms with Crippen LogP contribution in [0.5, 0.6) is 0 Å². The van der Waals surface area contributed by atoms with Gasteiger partial charge in [0.05, 0.1) is 0 Å². The molecular formula is C8H18N2O. The second kappa shape index (κ2) is 9.01. The first-order chi connectivity index (χ1) is 5.22. The van der Waals surface area contributed by atoms with Gasteiger partial charge in [0.15, 0.2) is 0 Å². The van der Waals surface area contributed by atoms with Crippen LogP contribution in [0.2, 0.25) is 0 Å². The normalized spacial score (nSPS) is 7.55. The number of carbonyl (C=O) groups excluding carboxylic acids is 1. The Balaban J connectivity index is 0. The topological polar surface area (TPSA) is 46.3 Å². The summed E-state index contributed by atoms with van der Waals surface area (Å²) in [7, 11) is 0. The van der Waals surface area contributed by atoms with Gasteiger partial charge in [-0.05, 0) is 6.42 Å². The zero-order chi connectivity index (χ0) is 9.28. The van der Waals surface area contributed by atoms with Crippen molar-refractivity contribution in [3.05, 3.63) is 12.8 Å². The van der Waals surface area contributed by atoms with Gasteiger partial charge in [-0.3, -0.25) is 0 Å². The molecule has 0 saturated heterocycles. The van der Waals surface area contributed by atoms with E-state index in [0.29, 0.717) is 6.54 Å². The van der Waals surface area contributed by atoms with Gasteiger partial charge >= 0.3 is 6.03 Å². The molecule has 2 N–H and O–H groups in total. The molecule has 0 bridgehead atoms. The number of primary amides is 1. The highest BCUT2D eigenvalue weighted by atomic mass is 16.2. The van der Waals surface area contributed by atoms with Gasteiger partial charge in [-0.25, -0.2) is 4.79 Å². The summed E-state index contributed by atoms with van der Waals surface area (Å²) in [6.45, 7) is 10.0. The number of carbonyl (C=O) groups is 1. The van der Waals surface area contributed by atoms with Crippen LogP contribution < -0.4 is 5.73 Å². The number of hydrogen-bond acceptors (Lipinski definition) is 1. The van der Waals surface area contributed by atoms with E-state index >= 15 is 0 Å². The van der Waals surface area contributed by atoms with Gasteiger partial charge in [-0.15, -0.1) is 0 Å². The van der Waals surface area contributed by atoms with Crippen LogP contribution in [0.15, 0.2) is 12.8 Å². The van der Waals surface area contributed by atoms with E-state index in [1.54, 1.807) is 0 Å². The van der Waals surface area contributed by atoms with Gasteiger partial charge < -0.3 is 10.6 Å². The van der Waals surface area contributed by atoms with Crippen LogP contribution in [0, 0.1) is 0 Å². The van der Waals surface area contributed by atoms with Crippen LogP contribution >= 0.6 is 0 Å². The Morgan fingerprint density at radius 3 is 2.18 bits per heavy atom. The molecule has 66 valence electrons. The second-order valence-corrected chi connectivity index (χ2v) is 1.71. The maximum Gasteiger partial charge on any atom is 0.318 e. The minimum Gasteiger partial charge on any atom is -0.351 e. The van der Waals surface area contributed by atoms with Crippen molar-refractivity contribution in [1.29, 1.82) is 0 Å². The predicted molar refractivity (Wildman–Crippen MR) is 48.1 cm³/mol. The quantitative estimate of drug-likeness (QED) is 0.670. The monoisotopic (exact) mass is 158 g/mol. The van der Waals surface area contributed by atoms with Crippen molar-refractivity contribution >= 4 is 6.03 Å². The molecule has 0 aliphatic carbocycles. The number of rotatable bonds is 3. The van der Waals surface area contributed by atoms with E-state index in [9.17, 15) is 4.79 Å². The molecule has 11 heavy (non-hydrogen) atoms. The summed E-state index contributed by atoms with van der Waals surface area (Å²) in [6.07, 6.45) is 2.33.